The van der Waals surface area contributed by atoms with Gasteiger partial charge in [0.2, 0.25) is 0 Å². The zero-order valence-corrected chi connectivity index (χ0v) is 9.23. The molecule has 2 nitrogen and oxygen atoms in total. The summed E-state index contributed by atoms with van der Waals surface area (Å²) in [4.78, 5) is 13.7. The molecule has 2 rings (SSSR count). The molecule has 0 bridgehead atoms. The van der Waals surface area contributed by atoms with Crippen molar-refractivity contribution in [3.05, 3.63) is 21.4 Å². The summed E-state index contributed by atoms with van der Waals surface area (Å²) in [6.45, 7) is 4.14. The molecule has 2 atom stereocenters. The van der Waals surface area contributed by atoms with Gasteiger partial charge < -0.3 is 5.11 Å². The fourth-order valence-corrected chi connectivity index (χ4v) is 3.49. The number of aliphatic carboxylic acids is 1. The molecule has 0 amide bonds. The molecule has 1 aliphatic carbocycles. The van der Waals surface area contributed by atoms with Crippen LogP contribution in [0.5, 0.6) is 0 Å². The molecule has 1 N–H and O–H groups in total. The Balaban J connectivity index is 2.39. The molecule has 0 aliphatic heterocycles. The first-order chi connectivity index (χ1) is 6.63. The molecular formula is C11H14O2S. The highest BCUT2D eigenvalue weighted by molar-refractivity contribution is 7.12. The summed E-state index contributed by atoms with van der Waals surface area (Å²) < 4.78 is 0. The largest absolute Gasteiger partial charge is 0.481 e. The summed E-state index contributed by atoms with van der Waals surface area (Å²) in [6, 6.07) is 2.09. The highest BCUT2D eigenvalue weighted by atomic mass is 32.1. The molecule has 0 aromatic carbocycles. The van der Waals surface area contributed by atoms with Gasteiger partial charge in [-0.15, -0.1) is 11.3 Å². The van der Waals surface area contributed by atoms with Crippen molar-refractivity contribution >= 4 is 17.3 Å². The lowest BCUT2D eigenvalue weighted by Crippen LogP contribution is -2.14. The Morgan fingerprint density at radius 1 is 1.71 bits per heavy atom. The first-order valence-electron chi connectivity index (χ1n) is 4.97. The Labute approximate surface area is 87.6 Å². The number of carboxylic acid groups (broad SMARTS) is 1. The van der Waals surface area contributed by atoms with Gasteiger partial charge in [-0.3, -0.25) is 4.79 Å². The average Bonchev–Trinajstić information content (AvgIpc) is 2.58. The van der Waals surface area contributed by atoms with Crippen LogP contribution >= 0.6 is 11.3 Å². The number of hydrogen-bond donors (Lipinski definition) is 1. The van der Waals surface area contributed by atoms with Crippen molar-refractivity contribution in [2.24, 2.45) is 5.92 Å². The number of aryl methyl sites for hydroxylation is 1. The van der Waals surface area contributed by atoms with Gasteiger partial charge in [0.15, 0.2) is 0 Å². The quantitative estimate of drug-likeness (QED) is 0.814. The SMILES string of the molecule is CCc1cc2c(s1)CC(C)C2C(=O)O. The standard InChI is InChI=1S/C11H14O2S/c1-3-7-5-8-9(14-7)4-6(2)10(8)11(12)13/h5-6,10H,3-4H2,1-2H3,(H,12,13). The Bertz CT molecular complexity index is 367. The predicted molar refractivity (Wildman–Crippen MR) is 56.9 cm³/mol. The van der Waals surface area contributed by atoms with Gasteiger partial charge in [-0.25, -0.2) is 0 Å². The van der Waals surface area contributed by atoms with Crippen molar-refractivity contribution in [3.8, 4) is 0 Å². The third-order valence-corrected chi connectivity index (χ3v) is 4.24. The molecule has 0 radical (unpaired) electrons. The number of carbonyl (C=O) groups is 1. The lowest BCUT2D eigenvalue weighted by atomic mass is 9.94. The smallest absolute Gasteiger partial charge is 0.311 e. The van der Waals surface area contributed by atoms with Gasteiger partial charge in [0, 0.05) is 9.75 Å². The van der Waals surface area contributed by atoms with E-state index in [1.165, 1.54) is 9.75 Å². The van der Waals surface area contributed by atoms with E-state index in [1.54, 1.807) is 11.3 Å². The van der Waals surface area contributed by atoms with Gasteiger partial charge in [0.25, 0.3) is 0 Å². The maximum absolute atomic E-state index is 11.1. The first-order valence-corrected chi connectivity index (χ1v) is 5.79. The average molecular weight is 210 g/mol. The highest BCUT2D eigenvalue weighted by Crippen LogP contribution is 2.42. The van der Waals surface area contributed by atoms with Crippen molar-refractivity contribution in [3.63, 3.8) is 0 Å². The van der Waals surface area contributed by atoms with Gasteiger partial charge in [-0.05, 0) is 30.4 Å². The first kappa shape index (κ1) is 9.71. The van der Waals surface area contributed by atoms with E-state index in [2.05, 4.69) is 13.0 Å². The lowest BCUT2D eigenvalue weighted by molar-refractivity contribution is -0.139. The molecule has 76 valence electrons. The van der Waals surface area contributed by atoms with E-state index >= 15 is 0 Å². The third-order valence-electron chi connectivity index (χ3n) is 2.92. The second-order valence-corrected chi connectivity index (χ2v) is 5.16. The van der Waals surface area contributed by atoms with Gasteiger partial charge in [0.05, 0.1) is 5.92 Å². The van der Waals surface area contributed by atoms with Crippen LogP contribution in [-0.4, -0.2) is 11.1 Å². The molecule has 1 aliphatic rings. The molecule has 3 heteroatoms. The number of rotatable bonds is 2. The van der Waals surface area contributed by atoms with Crippen LogP contribution in [0.25, 0.3) is 0 Å². The summed E-state index contributed by atoms with van der Waals surface area (Å²) in [5.74, 6) is -0.669. The van der Waals surface area contributed by atoms with Crippen molar-refractivity contribution in [1.29, 1.82) is 0 Å². The Morgan fingerprint density at radius 2 is 2.43 bits per heavy atom. The molecule has 1 heterocycles. The second kappa shape index (κ2) is 3.39. The van der Waals surface area contributed by atoms with Gasteiger partial charge >= 0.3 is 5.97 Å². The van der Waals surface area contributed by atoms with E-state index in [-0.39, 0.29) is 11.8 Å². The number of fused-ring (bicyclic) bond motifs is 1. The molecule has 0 spiro atoms. The van der Waals surface area contributed by atoms with E-state index in [9.17, 15) is 4.79 Å². The van der Waals surface area contributed by atoms with Gasteiger partial charge in [-0.1, -0.05) is 13.8 Å². The highest BCUT2D eigenvalue weighted by Gasteiger charge is 2.36. The lowest BCUT2D eigenvalue weighted by Gasteiger charge is -2.10. The van der Waals surface area contributed by atoms with E-state index in [0.717, 1.165) is 18.4 Å². The van der Waals surface area contributed by atoms with Crippen LogP contribution in [0.15, 0.2) is 6.07 Å². The van der Waals surface area contributed by atoms with Crippen molar-refractivity contribution < 1.29 is 9.90 Å². The monoisotopic (exact) mass is 210 g/mol. The number of thiophene rings is 1. The molecule has 0 saturated carbocycles. The summed E-state index contributed by atoms with van der Waals surface area (Å²) in [7, 11) is 0. The summed E-state index contributed by atoms with van der Waals surface area (Å²) in [5, 5.41) is 9.12. The minimum atomic E-state index is -0.670. The van der Waals surface area contributed by atoms with E-state index < -0.39 is 5.97 Å². The predicted octanol–water partition coefficient (Wildman–Crippen LogP) is 2.67. The zero-order chi connectivity index (χ0) is 10.3. The molecule has 0 fully saturated rings. The fourth-order valence-electron chi connectivity index (χ4n) is 2.19. The Kier molecular flexibility index (Phi) is 2.35. The molecule has 1 aromatic rings. The van der Waals surface area contributed by atoms with Crippen LogP contribution in [0.3, 0.4) is 0 Å². The number of hydrogen-bond acceptors (Lipinski definition) is 2. The summed E-state index contributed by atoms with van der Waals surface area (Å²) in [6.07, 6.45) is 1.95. The minimum Gasteiger partial charge on any atom is -0.481 e. The van der Waals surface area contributed by atoms with Crippen LogP contribution in [-0.2, 0) is 17.6 Å². The summed E-state index contributed by atoms with van der Waals surface area (Å²) in [5.41, 5.74) is 1.08. The van der Waals surface area contributed by atoms with Crippen LogP contribution in [0.1, 0.15) is 35.1 Å². The van der Waals surface area contributed by atoms with Crippen LogP contribution in [0, 0.1) is 5.92 Å². The number of carboxylic acids is 1. The van der Waals surface area contributed by atoms with E-state index in [1.807, 2.05) is 6.92 Å². The Morgan fingerprint density at radius 3 is 3.00 bits per heavy atom. The Hall–Kier alpha value is -0.830. The van der Waals surface area contributed by atoms with Crippen molar-refractivity contribution in [1.82, 2.24) is 0 Å². The van der Waals surface area contributed by atoms with E-state index in [4.69, 9.17) is 5.11 Å². The van der Waals surface area contributed by atoms with Crippen molar-refractivity contribution in [2.75, 3.05) is 0 Å². The van der Waals surface area contributed by atoms with Gasteiger partial charge in [0.1, 0.15) is 0 Å². The molecule has 14 heavy (non-hydrogen) atoms. The van der Waals surface area contributed by atoms with Crippen LogP contribution in [0.4, 0.5) is 0 Å². The second-order valence-electron chi connectivity index (χ2n) is 3.94. The van der Waals surface area contributed by atoms with Crippen LogP contribution in [0.2, 0.25) is 0 Å². The maximum Gasteiger partial charge on any atom is 0.311 e. The molecular weight excluding hydrogens is 196 g/mol. The van der Waals surface area contributed by atoms with Crippen molar-refractivity contribution in [2.45, 2.75) is 32.6 Å². The molecule has 2 unspecified atom stereocenters. The molecule has 1 aromatic heterocycles. The normalized spacial score (nSPS) is 25.0. The van der Waals surface area contributed by atoms with E-state index in [0.29, 0.717) is 0 Å². The van der Waals surface area contributed by atoms with Crippen LogP contribution < -0.4 is 0 Å². The molecule has 0 saturated heterocycles. The maximum atomic E-state index is 11.1. The summed E-state index contributed by atoms with van der Waals surface area (Å²) >= 11 is 1.78. The zero-order valence-electron chi connectivity index (χ0n) is 8.41. The topological polar surface area (TPSA) is 37.3 Å². The fraction of sp³-hybridized carbons (Fsp3) is 0.545. The minimum absolute atomic E-state index is 0.262. The van der Waals surface area contributed by atoms with Gasteiger partial charge in [-0.2, -0.15) is 0 Å². The third kappa shape index (κ3) is 1.36.